The van der Waals surface area contributed by atoms with Crippen LogP contribution in [0.15, 0.2) is 49.1 Å². The molecule has 1 aliphatic heterocycles. The lowest BCUT2D eigenvalue weighted by molar-refractivity contribution is -0.119. The van der Waals surface area contributed by atoms with E-state index in [9.17, 15) is 9.59 Å². The van der Waals surface area contributed by atoms with Crippen LogP contribution < -0.4 is 15.4 Å². The van der Waals surface area contributed by atoms with Crippen LogP contribution in [-0.4, -0.2) is 32.1 Å². The monoisotopic (exact) mass is 380 g/mol. The van der Waals surface area contributed by atoms with Gasteiger partial charge in [-0.05, 0) is 30.2 Å². The van der Waals surface area contributed by atoms with Gasteiger partial charge in [0.15, 0.2) is 0 Å². The van der Waals surface area contributed by atoms with E-state index in [1.54, 1.807) is 6.08 Å². The lowest BCUT2D eigenvalue weighted by atomic mass is 9.83. The first-order valence-electron chi connectivity index (χ1n) is 9.10. The molecule has 6 nitrogen and oxygen atoms in total. The van der Waals surface area contributed by atoms with Gasteiger partial charge in [-0.2, -0.15) is 0 Å². The third kappa shape index (κ3) is 4.07. The van der Waals surface area contributed by atoms with E-state index < -0.39 is 0 Å². The maximum absolute atomic E-state index is 12.4. The van der Waals surface area contributed by atoms with Crippen molar-refractivity contribution in [1.82, 2.24) is 0 Å². The number of rotatable bonds is 7. The van der Waals surface area contributed by atoms with Gasteiger partial charge in [0, 0.05) is 36.4 Å². The summed E-state index contributed by atoms with van der Waals surface area (Å²) in [6.45, 7) is 5.94. The van der Waals surface area contributed by atoms with E-state index in [1.807, 2.05) is 43.3 Å². The molecule has 2 aromatic carbocycles. The molecule has 6 heteroatoms. The van der Waals surface area contributed by atoms with Crippen LogP contribution >= 0.6 is 0 Å². The maximum atomic E-state index is 12.4. The van der Waals surface area contributed by atoms with Crippen molar-refractivity contribution in [3.8, 4) is 5.75 Å². The van der Waals surface area contributed by atoms with Gasteiger partial charge in [0.2, 0.25) is 11.8 Å². The molecular formula is C22H24N2O4. The second-order valence-corrected chi connectivity index (χ2v) is 6.63. The summed E-state index contributed by atoms with van der Waals surface area (Å²) in [5.74, 6) is 0.294. The molecule has 2 aromatic rings. The van der Waals surface area contributed by atoms with E-state index in [2.05, 4.69) is 17.2 Å². The first kappa shape index (κ1) is 19.6. The molecule has 0 fully saturated rings. The average molecular weight is 380 g/mol. The summed E-state index contributed by atoms with van der Waals surface area (Å²) in [4.78, 5) is 24.3. The number of fused-ring (bicyclic) bond motifs is 1. The summed E-state index contributed by atoms with van der Waals surface area (Å²) >= 11 is 0. The fourth-order valence-electron chi connectivity index (χ4n) is 3.45. The highest BCUT2D eigenvalue weighted by Gasteiger charge is 2.30. The standard InChI is InChI=1S/C22H24N2O4/c1-4-11-28-19-8-6-5-7-15(19)17-12-20(25)24-22-14(2)18(10-9-16(17)22)23-21(26)13-27-3/h4-10,17H,1,11-13H2,2-3H3,(H,23,26)(H,24,25)/t17-/m0/s1. The molecule has 28 heavy (non-hydrogen) atoms. The first-order valence-corrected chi connectivity index (χ1v) is 9.10. The van der Waals surface area contributed by atoms with Gasteiger partial charge in [-0.3, -0.25) is 9.59 Å². The lowest BCUT2D eigenvalue weighted by Crippen LogP contribution is -2.25. The van der Waals surface area contributed by atoms with Crippen molar-refractivity contribution in [2.75, 3.05) is 31.0 Å². The minimum Gasteiger partial charge on any atom is -0.489 e. The molecule has 0 aliphatic carbocycles. The van der Waals surface area contributed by atoms with Crippen LogP contribution in [-0.2, 0) is 14.3 Å². The molecule has 0 spiro atoms. The predicted octanol–water partition coefficient (Wildman–Crippen LogP) is 3.62. The topological polar surface area (TPSA) is 76.7 Å². The van der Waals surface area contributed by atoms with E-state index in [1.165, 1.54) is 7.11 Å². The van der Waals surface area contributed by atoms with Crippen molar-refractivity contribution in [3.63, 3.8) is 0 Å². The largest absolute Gasteiger partial charge is 0.489 e. The van der Waals surface area contributed by atoms with Crippen LogP contribution in [0.1, 0.15) is 29.0 Å². The quantitative estimate of drug-likeness (QED) is 0.720. The molecule has 3 rings (SSSR count). The zero-order valence-electron chi connectivity index (χ0n) is 16.1. The van der Waals surface area contributed by atoms with Crippen molar-refractivity contribution in [1.29, 1.82) is 0 Å². The van der Waals surface area contributed by atoms with E-state index in [0.29, 0.717) is 18.7 Å². The summed E-state index contributed by atoms with van der Waals surface area (Å²) < 4.78 is 10.7. The Bertz CT molecular complexity index is 907. The van der Waals surface area contributed by atoms with Gasteiger partial charge in [-0.25, -0.2) is 0 Å². The highest BCUT2D eigenvalue weighted by Crippen LogP contribution is 2.43. The molecule has 2 N–H and O–H groups in total. The molecule has 0 saturated carbocycles. The highest BCUT2D eigenvalue weighted by atomic mass is 16.5. The molecular weight excluding hydrogens is 356 g/mol. The predicted molar refractivity (Wildman–Crippen MR) is 109 cm³/mol. The van der Waals surface area contributed by atoms with Crippen molar-refractivity contribution >= 4 is 23.2 Å². The third-order valence-corrected chi connectivity index (χ3v) is 4.73. The van der Waals surface area contributed by atoms with E-state index in [4.69, 9.17) is 9.47 Å². The van der Waals surface area contributed by atoms with Crippen molar-refractivity contribution in [3.05, 3.63) is 65.7 Å². The van der Waals surface area contributed by atoms with Crippen molar-refractivity contribution in [2.24, 2.45) is 0 Å². The Balaban J connectivity index is 2.01. The number of amides is 2. The fraction of sp³-hybridized carbons (Fsp3) is 0.273. The molecule has 0 unspecified atom stereocenters. The van der Waals surface area contributed by atoms with E-state index in [-0.39, 0.29) is 24.3 Å². The van der Waals surface area contributed by atoms with Gasteiger partial charge < -0.3 is 20.1 Å². The number of benzene rings is 2. The van der Waals surface area contributed by atoms with Gasteiger partial charge >= 0.3 is 0 Å². The number of hydrogen-bond acceptors (Lipinski definition) is 4. The minimum atomic E-state index is -0.243. The zero-order valence-corrected chi connectivity index (χ0v) is 16.1. The molecule has 2 amide bonds. The van der Waals surface area contributed by atoms with Crippen LogP contribution in [0.3, 0.4) is 0 Å². The number of para-hydroxylation sites is 1. The molecule has 0 radical (unpaired) electrons. The maximum Gasteiger partial charge on any atom is 0.250 e. The summed E-state index contributed by atoms with van der Waals surface area (Å²) in [5, 5.41) is 5.78. The number of hydrogen-bond donors (Lipinski definition) is 2. The van der Waals surface area contributed by atoms with Gasteiger partial charge in [-0.1, -0.05) is 36.9 Å². The first-order chi connectivity index (χ1) is 13.5. The Morgan fingerprint density at radius 3 is 2.82 bits per heavy atom. The van der Waals surface area contributed by atoms with Crippen molar-refractivity contribution < 1.29 is 19.1 Å². The van der Waals surface area contributed by atoms with Crippen LogP contribution in [0.5, 0.6) is 5.75 Å². The summed E-state index contributed by atoms with van der Waals surface area (Å²) in [6, 6.07) is 11.5. The molecule has 146 valence electrons. The van der Waals surface area contributed by atoms with E-state index in [0.717, 1.165) is 28.1 Å². The molecule has 0 saturated heterocycles. The average Bonchev–Trinajstić information content (AvgIpc) is 2.69. The van der Waals surface area contributed by atoms with Gasteiger partial charge in [0.1, 0.15) is 19.0 Å². The minimum absolute atomic E-state index is 0.0282. The van der Waals surface area contributed by atoms with Crippen molar-refractivity contribution in [2.45, 2.75) is 19.3 Å². The molecule has 0 aromatic heterocycles. The summed E-state index contributed by atoms with van der Waals surface area (Å²) in [5.41, 5.74) is 4.14. The van der Waals surface area contributed by atoms with Gasteiger partial charge in [-0.15, -0.1) is 0 Å². The second kappa shape index (κ2) is 8.71. The summed E-state index contributed by atoms with van der Waals surface area (Å²) in [7, 11) is 1.47. The third-order valence-electron chi connectivity index (χ3n) is 4.73. The van der Waals surface area contributed by atoms with Crippen LogP contribution in [0.2, 0.25) is 0 Å². The number of ether oxygens (including phenoxy) is 2. The Morgan fingerprint density at radius 1 is 1.29 bits per heavy atom. The SMILES string of the molecule is C=CCOc1ccccc1[C@@H]1CC(=O)Nc2c1ccc(NC(=O)COC)c2C. The van der Waals surface area contributed by atoms with E-state index >= 15 is 0 Å². The Labute approximate surface area is 164 Å². The normalized spacial score (nSPS) is 15.4. The number of anilines is 2. The zero-order chi connectivity index (χ0) is 20.1. The van der Waals surface area contributed by atoms with Crippen LogP contribution in [0, 0.1) is 6.92 Å². The summed E-state index contributed by atoms with van der Waals surface area (Å²) in [6.07, 6.45) is 2.02. The number of methoxy groups -OCH3 is 1. The van der Waals surface area contributed by atoms with Gasteiger partial charge in [0.25, 0.3) is 0 Å². The smallest absolute Gasteiger partial charge is 0.250 e. The Kier molecular flexibility index (Phi) is 6.11. The molecule has 0 bridgehead atoms. The Morgan fingerprint density at radius 2 is 2.07 bits per heavy atom. The fourth-order valence-corrected chi connectivity index (χ4v) is 3.45. The number of nitrogens with one attached hydrogen (secondary N) is 2. The number of carbonyl (C=O) groups excluding carboxylic acids is 2. The van der Waals surface area contributed by atoms with Crippen LogP contribution in [0.4, 0.5) is 11.4 Å². The lowest BCUT2D eigenvalue weighted by Gasteiger charge is -2.29. The highest BCUT2D eigenvalue weighted by molar-refractivity contribution is 5.99. The van der Waals surface area contributed by atoms with Gasteiger partial charge in [0.05, 0.1) is 0 Å². The van der Waals surface area contributed by atoms with Crippen LogP contribution in [0.25, 0.3) is 0 Å². The second-order valence-electron chi connectivity index (χ2n) is 6.63. The molecule has 1 atom stereocenters. The molecule has 1 aliphatic rings. The number of carbonyl (C=O) groups is 2. The molecule has 1 heterocycles. The Hall–Kier alpha value is -3.12.